The highest BCUT2D eigenvalue weighted by Crippen LogP contribution is 2.29. The zero-order valence-electron chi connectivity index (χ0n) is 20.6. The molecular weight excluding hydrogens is 436 g/mol. The molecular formula is C28H34N6O. The molecule has 0 atom stereocenters. The maximum atomic E-state index is 11.6. The Morgan fingerprint density at radius 3 is 2.51 bits per heavy atom. The van der Waals surface area contributed by atoms with Gasteiger partial charge in [-0.2, -0.15) is 5.26 Å². The number of benzene rings is 1. The van der Waals surface area contributed by atoms with E-state index in [0.29, 0.717) is 0 Å². The van der Waals surface area contributed by atoms with Crippen LogP contribution in [0.1, 0.15) is 62.5 Å². The molecule has 7 heteroatoms. The first-order valence-corrected chi connectivity index (χ1v) is 13.0. The van der Waals surface area contributed by atoms with Gasteiger partial charge in [-0.15, -0.1) is 0 Å². The summed E-state index contributed by atoms with van der Waals surface area (Å²) in [5, 5.41) is 10.3. The van der Waals surface area contributed by atoms with Crippen molar-refractivity contribution in [3.8, 4) is 6.07 Å². The molecule has 5 rings (SSSR count). The first-order chi connectivity index (χ1) is 17.1. The van der Waals surface area contributed by atoms with Crippen molar-refractivity contribution in [1.29, 1.82) is 5.26 Å². The Balaban J connectivity index is 1.33. The van der Waals surface area contributed by atoms with Crippen LogP contribution in [0.5, 0.6) is 0 Å². The number of aromatic nitrogens is 3. The highest BCUT2D eigenvalue weighted by atomic mass is 16.2. The molecule has 0 bridgehead atoms. The third kappa shape index (κ3) is 5.32. The maximum absolute atomic E-state index is 11.6. The molecule has 2 aliphatic rings. The van der Waals surface area contributed by atoms with Crippen LogP contribution in [0.3, 0.4) is 0 Å². The topological polar surface area (TPSA) is 78.1 Å². The van der Waals surface area contributed by atoms with Crippen LogP contribution in [0.4, 0.5) is 5.69 Å². The van der Waals surface area contributed by atoms with E-state index in [1.165, 1.54) is 49.0 Å². The predicted octanol–water partition coefficient (Wildman–Crippen LogP) is 4.53. The van der Waals surface area contributed by atoms with Crippen molar-refractivity contribution in [3.63, 3.8) is 0 Å². The summed E-state index contributed by atoms with van der Waals surface area (Å²) in [5.41, 5.74) is 4.57. The molecule has 1 aromatic carbocycles. The van der Waals surface area contributed by atoms with Gasteiger partial charge in [0.25, 0.3) is 0 Å². The van der Waals surface area contributed by atoms with E-state index in [9.17, 15) is 10.1 Å². The lowest BCUT2D eigenvalue weighted by Crippen LogP contribution is -2.48. The maximum Gasteiger partial charge on any atom is 0.234 e. The fraction of sp³-hybridized carbons (Fsp3) is 0.500. The van der Waals surface area contributed by atoms with Crippen LogP contribution in [-0.2, 0) is 17.8 Å². The van der Waals surface area contributed by atoms with E-state index in [2.05, 4.69) is 55.8 Å². The zero-order valence-corrected chi connectivity index (χ0v) is 20.6. The Kier molecular flexibility index (Phi) is 6.98. The lowest BCUT2D eigenvalue weighted by molar-refractivity contribution is -0.129. The minimum Gasteiger partial charge on any atom is -0.368 e. The zero-order chi connectivity index (χ0) is 24.2. The number of carbonyl (C=O) groups excluding carboxylic acids is 1. The normalized spacial score (nSPS) is 17.0. The highest BCUT2D eigenvalue weighted by Gasteiger charge is 2.20. The second kappa shape index (κ2) is 10.5. The van der Waals surface area contributed by atoms with Crippen molar-refractivity contribution in [3.05, 3.63) is 53.6 Å². The summed E-state index contributed by atoms with van der Waals surface area (Å²) in [6.07, 6.45) is 10.5. The van der Waals surface area contributed by atoms with Crippen molar-refractivity contribution < 1.29 is 4.79 Å². The Hall–Kier alpha value is -3.40. The standard InChI is InChI=1S/C28H34N6O/c1-21(35)32-13-15-33(16-14-32)25-9-7-23(8-10-25)17-26-18-24-20-30-27(19-29)31-28(24)34(26)12-11-22-5-3-2-4-6-22/h7-10,18,20,22H,2-6,11-17H2,1H3. The van der Waals surface area contributed by atoms with E-state index >= 15 is 0 Å². The van der Waals surface area contributed by atoms with Crippen molar-refractivity contribution in [2.75, 3.05) is 31.1 Å². The van der Waals surface area contributed by atoms with Gasteiger partial charge in [-0.1, -0.05) is 44.2 Å². The summed E-state index contributed by atoms with van der Waals surface area (Å²) < 4.78 is 2.32. The quantitative estimate of drug-likeness (QED) is 0.529. The van der Waals surface area contributed by atoms with Gasteiger partial charge in [0.2, 0.25) is 11.7 Å². The second-order valence-corrected chi connectivity index (χ2v) is 10.0. The summed E-state index contributed by atoms with van der Waals surface area (Å²) in [5.74, 6) is 1.18. The lowest BCUT2D eigenvalue weighted by Gasteiger charge is -2.35. The molecule has 0 spiro atoms. The van der Waals surface area contributed by atoms with E-state index in [-0.39, 0.29) is 11.7 Å². The number of nitriles is 1. The molecule has 1 aliphatic carbocycles. The van der Waals surface area contributed by atoms with Crippen LogP contribution < -0.4 is 4.90 Å². The van der Waals surface area contributed by atoms with Crippen LogP contribution in [-0.4, -0.2) is 51.5 Å². The van der Waals surface area contributed by atoms with Gasteiger partial charge in [0.1, 0.15) is 11.7 Å². The van der Waals surface area contributed by atoms with Crippen molar-refractivity contribution >= 4 is 22.6 Å². The molecule has 1 saturated heterocycles. The molecule has 0 unspecified atom stereocenters. The second-order valence-electron chi connectivity index (χ2n) is 10.0. The predicted molar refractivity (Wildman–Crippen MR) is 137 cm³/mol. The van der Waals surface area contributed by atoms with Crippen LogP contribution in [0.2, 0.25) is 0 Å². The van der Waals surface area contributed by atoms with Crippen molar-refractivity contribution in [2.24, 2.45) is 5.92 Å². The third-order valence-electron chi connectivity index (χ3n) is 7.72. The first-order valence-electron chi connectivity index (χ1n) is 13.0. The fourth-order valence-electron chi connectivity index (χ4n) is 5.64. The van der Waals surface area contributed by atoms with Gasteiger partial charge in [0.15, 0.2) is 0 Å². The molecule has 0 radical (unpaired) electrons. The molecule has 7 nitrogen and oxygen atoms in total. The number of piperazine rings is 1. The van der Waals surface area contributed by atoms with Crippen molar-refractivity contribution in [1.82, 2.24) is 19.4 Å². The summed E-state index contributed by atoms with van der Waals surface area (Å²) in [6.45, 7) is 5.88. The fourth-order valence-corrected chi connectivity index (χ4v) is 5.64. The lowest BCUT2D eigenvalue weighted by atomic mass is 9.87. The largest absolute Gasteiger partial charge is 0.368 e. The highest BCUT2D eigenvalue weighted by molar-refractivity contribution is 5.77. The van der Waals surface area contributed by atoms with Gasteiger partial charge in [-0.05, 0) is 36.1 Å². The van der Waals surface area contributed by atoms with Gasteiger partial charge in [-0.3, -0.25) is 4.79 Å². The SMILES string of the molecule is CC(=O)N1CCN(c2ccc(Cc3cc4cnc(C#N)nc4n3CCC3CCCCC3)cc2)CC1. The van der Waals surface area contributed by atoms with Gasteiger partial charge in [-0.25, -0.2) is 9.97 Å². The smallest absolute Gasteiger partial charge is 0.234 e. The number of rotatable bonds is 6. The van der Waals surface area contributed by atoms with Crippen LogP contribution in [0.15, 0.2) is 36.5 Å². The monoisotopic (exact) mass is 470 g/mol. The van der Waals surface area contributed by atoms with E-state index in [0.717, 1.165) is 62.5 Å². The molecule has 3 heterocycles. The molecule has 2 aromatic heterocycles. The van der Waals surface area contributed by atoms with Gasteiger partial charge < -0.3 is 14.4 Å². The number of aryl methyl sites for hydroxylation is 1. The average Bonchev–Trinajstić information content (AvgIpc) is 3.24. The van der Waals surface area contributed by atoms with Gasteiger partial charge in [0.05, 0.1) is 0 Å². The minimum absolute atomic E-state index is 0.158. The third-order valence-corrected chi connectivity index (χ3v) is 7.72. The number of amides is 1. The number of carbonyl (C=O) groups is 1. The molecule has 2 fully saturated rings. The van der Waals surface area contributed by atoms with Gasteiger partial charge >= 0.3 is 0 Å². The van der Waals surface area contributed by atoms with Crippen LogP contribution >= 0.6 is 0 Å². The number of nitrogens with zero attached hydrogens (tertiary/aromatic N) is 6. The number of fused-ring (bicyclic) bond motifs is 1. The number of hydrogen-bond donors (Lipinski definition) is 0. The molecule has 3 aromatic rings. The van der Waals surface area contributed by atoms with Gasteiger partial charge in [0, 0.05) is 69.0 Å². The Labute approximate surface area is 207 Å². The molecule has 0 N–H and O–H groups in total. The van der Waals surface area contributed by atoms with Crippen molar-refractivity contribution in [2.45, 2.75) is 58.4 Å². The Morgan fingerprint density at radius 1 is 1.09 bits per heavy atom. The summed E-state index contributed by atoms with van der Waals surface area (Å²) in [7, 11) is 0. The van der Waals surface area contributed by atoms with Crippen LogP contribution in [0.25, 0.3) is 11.0 Å². The number of hydrogen-bond acceptors (Lipinski definition) is 5. The average molecular weight is 471 g/mol. The molecule has 1 aliphatic heterocycles. The minimum atomic E-state index is 0.158. The Morgan fingerprint density at radius 2 is 1.83 bits per heavy atom. The Bertz CT molecular complexity index is 1210. The van der Waals surface area contributed by atoms with E-state index in [1.807, 2.05) is 4.90 Å². The summed E-state index contributed by atoms with van der Waals surface area (Å²) >= 11 is 0. The molecule has 35 heavy (non-hydrogen) atoms. The van der Waals surface area contributed by atoms with E-state index < -0.39 is 0 Å². The summed E-state index contributed by atoms with van der Waals surface area (Å²) in [6, 6.07) is 13.1. The van der Waals surface area contributed by atoms with Crippen LogP contribution in [0, 0.1) is 17.2 Å². The van der Waals surface area contributed by atoms with E-state index in [1.54, 1.807) is 13.1 Å². The first kappa shape index (κ1) is 23.3. The molecule has 1 saturated carbocycles. The molecule has 182 valence electrons. The van der Waals surface area contributed by atoms with E-state index in [4.69, 9.17) is 0 Å². The number of anilines is 1. The summed E-state index contributed by atoms with van der Waals surface area (Å²) in [4.78, 5) is 24.6. The molecule has 1 amide bonds.